The van der Waals surface area contributed by atoms with Gasteiger partial charge in [0.15, 0.2) is 11.6 Å². The fourth-order valence-corrected chi connectivity index (χ4v) is 4.39. The van der Waals surface area contributed by atoms with Crippen molar-refractivity contribution in [2.75, 3.05) is 26.2 Å². The van der Waals surface area contributed by atoms with Crippen molar-refractivity contribution < 1.29 is 13.6 Å². The summed E-state index contributed by atoms with van der Waals surface area (Å²) >= 11 is 7.29. The Balaban J connectivity index is 1.32. The molecule has 5 nitrogen and oxygen atoms in total. The first-order chi connectivity index (χ1) is 14.0. The molecule has 152 valence electrons. The molecule has 3 heterocycles. The lowest BCUT2D eigenvalue weighted by Gasteiger charge is -2.34. The first kappa shape index (κ1) is 20.0. The zero-order valence-corrected chi connectivity index (χ0v) is 17.1. The molecule has 9 heteroatoms. The lowest BCUT2D eigenvalue weighted by Crippen LogP contribution is -2.48. The summed E-state index contributed by atoms with van der Waals surface area (Å²) in [6.45, 7) is 3.23. The second-order valence-corrected chi connectivity index (χ2v) is 8.30. The predicted octanol–water partition coefficient (Wildman–Crippen LogP) is 3.88. The Kier molecular flexibility index (Phi) is 5.94. The molecule has 0 radical (unpaired) electrons. The van der Waals surface area contributed by atoms with Crippen molar-refractivity contribution in [1.29, 1.82) is 0 Å². The zero-order valence-electron chi connectivity index (χ0n) is 15.5. The highest BCUT2D eigenvalue weighted by atomic mass is 35.5. The molecule has 2 aromatic heterocycles. The molecule has 1 fully saturated rings. The van der Waals surface area contributed by atoms with Crippen LogP contribution >= 0.6 is 22.9 Å². The third-order valence-electron chi connectivity index (χ3n) is 4.90. The molecule has 1 saturated heterocycles. The molecular formula is C20H19ClF2N4OS. The minimum Gasteiger partial charge on any atom is -0.335 e. The summed E-state index contributed by atoms with van der Waals surface area (Å²) in [6, 6.07) is 6.11. The molecule has 1 aliphatic rings. The Morgan fingerprint density at radius 3 is 2.69 bits per heavy atom. The topological polar surface area (TPSA) is 41.4 Å². The van der Waals surface area contributed by atoms with E-state index in [2.05, 4.69) is 5.10 Å². The van der Waals surface area contributed by atoms with Gasteiger partial charge in [0, 0.05) is 44.5 Å². The number of thiophene rings is 1. The number of carbonyl (C=O) groups excluding carboxylic acids is 1. The Morgan fingerprint density at radius 2 is 1.97 bits per heavy atom. The van der Waals surface area contributed by atoms with Gasteiger partial charge < -0.3 is 4.90 Å². The highest BCUT2D eigenvalue weighted by Crippen LogP contribution is 2.20. The van der Waals surface area contributed by atoms with Gasteiger partial charge in [0.2, 0.25) is 0 Å². The Labute approximate surface area is 176 Å². The number of aromatic nitrogens is 2. The average Bonchev–Trinajstić information content (AvgIpc) is 3.35. The van der Waals surface area contributed by atoms with Crippen molar-refractivity contribution in [1.82, 2.24) is 19.6 Å². The van der Waals surface area contributed by atoms with Crippen molar-refractivity contribution in [3.8, 4) is 0 Å². The Bertz CT molecular complexity index is 1010. The quantitative estimate of drug-likeness (QED) is 0.609. The molecule has 4 rings (SSSR count). The van der Waals surface area contributed by atoms with E-state index >= 15 is 0 Å². The van der Waals surface area contributed by atoms with Crippen LogP contribution in [0.1, 0.15) is 20.8 Å². The summed E-state index contributed by atoms with van der Waals surface area (Å²) in [5.41, 5.74) is 1.34. The van der Waals surface area contributed by atoms with E-state index in [9.17, 15) is 13.6 Å². The van der Waals surface area contributed by atoms with E-state index in [1.807, 2.05) is 16.3 Å². The number of amides is 1. The minimum absolute atomic E-state index is 0.00339. The molecule has 1 aliphatic heterocycles. The molecule has 29 heavy (non-hydrogen) atoms. The molecule has 3 aromatic rings. The number of carbonyl (C=O) groups is 1. The van der Waals surface area contributed by atoms with Crippen molar-refractivity contribution in [2.45, 2.75) is 13.1 Å². The van der Waals surface area contributed by atoms with Crippen LogP contribution in [0.5, 0.6) is 0 Å². The normalized spacial score (nSPS) is 15.1. The van der Waals surface area contributed by atoms with Crippen LogP contribution in [0.15, 0.2) is 42.0 Å². The third-order valence-corrected chi connectivity index (χ3v) is 6.06. The maximum atomic E-state index is 13.9. The van der Waals surface area contributed by atoms with Gasteiger partial charge in [-0.15, -0.1) is 11.3 Å². The highest BCUT2D eigenvalue weighted by Gasteiger charge is 2.24. The lowest BCUT2D eigenvalue weighted by molar-refractivity contribution is 0.0631. The van der Waals surface area contributed by atoms with E-state index in [-0.39, 0.29) is 5.91 Å². The SMILES string of the molecule is O=C(c1cc(Cn2cc(Cl)cn2)cs1)N1CCN(Cc2cccc(F)c2F)CC1. The second-order valence-electron chi connectivity index (χ2n) is 6.96. The fourth-order valence-electron chi connectivity index (χ4n) is 3.36. The number of halogens is 3. The van der Waals surface area contributed by atoms with Crippen molar-refractivity contribution >= 4 is 28.8 Å². The van der Waals surface area contributed by atoms with Gasteiger partial charge in [-0.05, 0) is 23.1 Å². The van der Waals surface area contributed by atoms with Gasteiger partial charge in [-0.25, -0.2) is 8.78 Å². The van der Waals surface area contributed by atoms with Gasteiger partial charge in [-0.1, -0.05) is 23.7 Å². The van der Waals surface area contributed by atoms with Crippen LogP contribution in [0.2, 0.25) is 5.02 Å². The van der Waals surface area contributed by atoms with Gasteiger partial charge in [0.1, 0.15) is 0 Å². The van der Waals surface area contributed by atoms with Gasteiger partial charge in [-0.2, -0.15) is 5.10 Å². The van der Waals surface area contributed by atoms with Gasteiger partial charge >= 0.3 is 0 Å². The first-order valence-electron chi connectivity index (χ1n) is 9.19. The zero-order chi connectivity index (χ0) is 20.4. The van der Waals surface area contributed by atoms with Gasteiger partial charge in [0.05, 0.1) is 22.6 Å². The van der Waals surface area contributed by atoms with Gasteiger partial charge in [-0.3, -0.25) is 14.4 Å². The third kappa shape index (κ3) is 4.66. The van der Waals surface area contributed by atoms with E-state index < -0.39 is 11.6 Å². The van der Waals surface area contributed by atoms with Crippen LogP contribution in [-0.2, 0) is 13.1 Å². The number of benzene rings is 1. The molecule has 0 unspecified atom stereocenters. The summed E-state index contributed by atoms with van der Waals surface area (Å²) < 4.78 is 29.0. The van der Waals surface area contributed by atoms with Crippen molar-refractivity contribution in [3.63, 3.8) is 0 Å². The van der Waals surface area contributed by atoms with E-state index in [1.54, 1.807) is 28.0 Å². The van der Waals surface area contributed by atoms with E-state index in [4.69, 9.17) is 11.6 Å². The first-order valence-corrected chi connectivity index (χ1v) is 10.5. The molecule has 0 bridgehead atoms. The number of nitrogens with zero attached hydrogens (tertiary/aromatic N) is 4. The summed E-state index contributed by atoms with van der Waals surface area (Å²) in [5, 5.41) is 6.67. The van der Waals surface area contributed by atoms with E-state index in [0.717, 1.165) is 11.6 Å². The summed E-state index contributed by atoms with van der Waals surface area (Å²) in [7, 11) is 0. The van der Waals surface area contributed by atoms with Crippen molar-refractivity contribution in [3.05, 3.63) is 74.7 Å². The molecule has 1 aromatic carbocycles. The number of hydrogen-bond donors (Lipinski definition) is 0. The molecule has 0 saturated carbocycles. The molecule has 0 atom stereocenters. The van der Waals surface area contributed by atoms with Gasteiger partial charge in [0.25, 0.3) is 5.91 Å². The Morgan fingerprint density at radius 1 is 1.17 bits per heavy atom. The van der Waals surface area contributed by atoms with Crippen LogP contribution in [0, 0.1) is 11.6 Å². The maximum Gasteiger partial charge on any atom is 0.264 e. The van der Waals surface area contributed by atoms with Crippen LogP contribution < -0.4 is 0 Å². The smallest absolute Gasteiger partial charge is 0.264 e. The molecule has 0 spiro atoms. The maximum absolute atomic E-state index is 13.9. The standard InChI is InChI=1S/C20H19ClF2N4OS/c21-16-9-24-27(12-16)10-14-8-18(29-13-14)20(28)26-6-4-25(5-7-26)11-15-2-1-3-17(22)19(15)23/h1-3,8-9,12-13H,4-7,10-11H2. The average molecular weight is 437 g/mol. The molecule has 0 N–H and O–H groups in total. The van der Waals surface area contributed by atoms with Crippen LogP contribution in [0.3, 0.4) is 0 Å². The highest BCUT2D eigenvalue weighted by molar-refractivity contribution is 7.12. The lowest BCUT2D eigenvalue weighted by atomic mass is 10.1. The van der Waals surface area contributed by atoms with E-state index in [1.165, 1.54) is 17.4 Å². The summed E-state index contributed by atoms with van der Waals surface area (Å²) in [6.07, 6.45) is 3.32. The van der Waals surface area contributed by atoms with Crippen LogP contribution in [-0.4, -0.2) is 51.7 Å². The minimum atomic E-state index is -0.831. The number of hydrogen-bond acceptors (Lipinski definition) is 4. The fraction of sp³-hybridized carbons (Fsp3) is 0.300. The number of rotatable bonds is 5. The molecular weight excluding hydrogens is 418 g/mol. The summed E-state index contributed by atoms with van der Waals surface area (Å²) in [5.74, 6) is -1.63. The second kappa shape index (κ2) is 8.61. The molecule has 0 aliphatic carbocycles. The van der Waals surface area contributed by atoms with Crippen LogP contribution in [0.4, 0.5) is 8.78 Å². The Hall–Kier alpha value is -2.29. The largest absolute Gasteiger partial charge is 0.335 e. The van der Waals surface area contributed by atoms with Crippen molar-refractivity contribution in [2.24, 2.45) is 0 Å². The summed E-state index contributed by atoms with van der Waals surface area (Å²) in [4.78, 5) is 17.3. The van der Waals surface area contributed by atoms with E-state index in [0.29, 0.717) is 54.7 Å². The van der Waals surface area contributed by atoms with Crippen LogP contribution in [0.25, 0.3) is 0 Å². The monoisotopic (exact) mass is 436 g/mol. The number of piperazine rings is 1. The molecule has 1 amide bonds. The predicted molar refractivity (Wildman–Crippen MR) is 108 cm³/mol.